The van der Waals surface area contributed by atoms with E-state index in [4.69, 9.17) is 18.9 Å². The van der Waals surface area contributed by atoms with Crippen LogP contribution in [-0.4, -0.2) is 92.3 Å². The zero-order valence-electron chi connectivity index (χ0n) is 19.0. The van der Waals surface area contributed by atoms with Crippen molar-refractivity contribution in [3.8, 4) is 0 Å². The van der Waals surface area contributed by atoms with Gasteiger partial charge in [0.15, 0.2) is 0 Å². The second kappa shape index (κ2) is 7.63. The first kappa shape index (κ1) is 24.8. The van der Waals surface area contributed by atoms with Gasteiger partial charge in [0.05, 0.1) is 34.7 Å². The molecule has 0 unspecified atom stereocenters. The normalized spacial score (nSPS) is 46.7. The Morgan fingerprint density at radius 1 is 0.938 bits per heavy atom. The van der Waals surface area contributed by atoms with Crippen molar-refractivity contribution in [1.29, 1.82) is 0 Å². The van der Waals surface area contributed by atoms with Crippen LogP contribution in [0.3, 0.4) is 0 Å². The van der Waals surface area contributed by atoms with Gasteiger partial charge in [-0.3, -0.25) is 14.4 Å². The van der Waals surface area contributed by atoms with E-state index in [2.05, 4.69) is 0 Å². The summed E-state index contributed by atoms with van der Waals surface area (Å²) in [5, 5.41) is 45.7. The van der Waals surface area contributed by atoms with Crippen LogP contribution in [0.2, 0.25) is 0 Å². The van der Waals surface area contributed by atoms with Gasteiger partial charge < -0.3 is 39.4 Å². The largest absolute Gasteiger partial charge is 0.465 e. The predicted molar refractivity (Wildman–Crippen MR) is 105 cm³/mol. The average molecular weight is 460 g/mol. The molecule has 32 heavy (non-hydrogen) atoms. The number of hydrogen-bond donors (Lipinski definition) is 4. The average Bonchev–Trinajstić information content (AvgIpc) is 2.83. The number of esters is 3. The Hall–Kier alpha value is -1.79. The van der Waals surface area contributed by atoms with E-state index in [9.17, 15) is 34.8 Å². The summed E-state index contributed by atoms with van der Waals surface area (Å²) < 4.78 is 22.4. The maximum absolute atomic E-state index is 12.1. The fraction of sp³-hybridized carbons (Fsp3) is 0.857. The van der Waals surface area contributed by atoms with Gasteiger partial charge in [-0.25, -0.2) is 0 Å². The lowest BCUT2D eigenvalue weighted by Crippen LogP contribution is -2.84. The van der Waals surface area contributed by atoms with Gasteiger partial charge in [0.2, 0.25) is 0 Å². The van der Waals surface area contributed by atoms with Crippen molar-refractivity contribution in [2.24, 2.45) is 11.3 Å². The molecule has 11 heteroatoms. The number of carbonyl (C=O) groups is 3. The van der Waals surface area contributed by atoms with Gasteiger partial charge in [0.25, 0.3) is 0 Å². The molecule has 0 amide bonds. The maximum Gasteiger partial charge on any atom is 0.303 e. The summed E-state index contributed by atoms with van der Waals surface area (Å²) in [6.45, 7) is 7.20. The summed E-state index contributed by atoms with van der Waals surface area (Å²) >= 11 is 0. The van der Waals surface area contributed by atoms with Crippen LogP contribution in [0.5, 0.6) is 0 Å². The van der Waals surface area contributed by atoms with Crippen LogP contribution in [0, 0.1) is 11.3 Å². The fourth-order valence-corrected chi connectivity index (χ4v) is 6.28. The Labute approximate surface area is 185 Å². The van der Waals surface area contributed by atoms with E-state index < -0.39 is 83.2 Å². The van der Waals surface area contributed by atoms with Crippen LogP contribution >= 0.6 is 0 Å². The molecular weight excluding hydrogens is 428 g/mol. The van der Waals surface area contributed by atoms with Gasteiger partial charge in [0, 0.05) is 27.2 Å². The van der Waals surface area contributed by atoms with Crippen LogP contribution in [-0.2, 0) is 33.3 Å². The Morgan fingerprint density at radius 3 is 2.00 bits per heavy atom. The molecule has 1 heterocycles. The minimum atomic E-state index is -2.12. The first-order valence-corrected chi connectivity index (χ1v) is 10.5. The molecule has 3 rings (SSSR count). The third kappa shape index (κ3) is 3.17. The van der Waals surface area contributed by atoms with Gasteiger partial charge in [0.1, 0.15) is 30.5 Å². The topological polar surface area (TPSA) is 169 Å². The summed E-state index contributed by atoms with van der Waals surface area (Å²) in [5.41, 5.74) is -7.36. The third-order valence-electron chi connectivity index (χ3n) is 7.27. The molecule has 182 valence electrons. The standard InChI is InChI=1S/C21H32O11/c1-9(22)29-8-20-15(26)12(30-10(2)23)7-19(6,28)21(20)17(31-11(3)24)13(14(25)16(20)27)18(4,5)32-21/h12-17,25-28H,7-8H2,1-6H3/t12-,13+,14-,15-,16-,17+,19-,20-,21-/m0/s1. The number of fused-ring (bicyclic) bond motifs is 1. The second-order valence-electron chi connectivity index (χ2n) is 9.82. The highest BCUT2D eigenvalue weighted by Crippen LogP contribution is 2.68. The molecule has 2 aliphatic carbocycles. The molecule has 0 aromatic heterocycles. The maximum atomic E-state index is 12.1. The number of carbonyl (C=O) groups excluding carboxylic acids is 3. The highest BCUT2D eigenvalue weighted by Gasteiger charge is 2.86. The van der Waals surface area contributed by atoms with Crippen molar-refractivity contribution in [2.75, 3.05) is 6.61 Å². The van der Waals surface area contributed by atoms with E-state index >= 15 is 0 Å². The zero-order valence-corrected chi connectivity index (χ0v) is 19.0. The number of rotatable bonds is 4. The first-order valence-electron chi connectivity index (χ1n) is 10.5. The van der Waals surface area contributed by atoms with Crippen LogP contribution in [0.15, 0.2) is 0 Å². The number of hydrogen-bond acceptors (Lipinski definition) is 11. The number of aliphatic hydroxyl groups excluding tert-OH is 3. The van der Waals surface area contributed by atoms with E-state index in [-0.39, 0.29) is 6.42 Å². The highest BCUT2D eigenvalue weighted by molar-refractivity contribution is 5.67. The summed E-state index contributed by atoms with van der Waals surface area (Å²) in [5.74, 6) is -3.24. The zero-order chi connectivity index (χ0) is 24.4. The smallest absolute Gasteiger partial charge is 0.303 e. The molecule has 2 saturated carbocycles. The Kier molecular flexibility index (Phi) is 5.92. The molecule has 3 aliphatic rings. The molecule has 3 fully saturated rings. The lowest BCUT2D eigenvalue weighted by molar-refractivity contribution is -0.363. The third-order valence-corrected chi connectivity index (χ3v) is 7.27. The SMILES string of the molecule is CC(=O)OC[C@]12[C@@H](O)[C@@H](O)[C@@H]3[C@@H](OC(C)=O)[C@]1(OC3(C)C)[C@@](C)(O)C[C@H](OC(C)=O)[C@@H]2O. The van der Waals surface area contributed by atoms with E-state index in [1.807, 2.05) is 0 Å². The summed E-state index contributed by atoms with van der Waals surface area (Å²) in [6.07, 6.45) is -8.18. The quantitative estimate of drug-likeness (QED) is 0.294. The van der Waals surface area contributed by atoms with Gasteiger partial charge in [-0.05, 0) is 20.8 Å². The van der Waals surface area contributed by atoms with Crippen molar-refractivity contribution in [3.63, 3.8) is 0 Å². The molecule has 0 aromatic rings. The van der Waals surface area contributed by atoms with Crippen molar-refractivity contribution < 1.29 is 53.8 Å². The van der Waals surface area contributed by atoms with E-state index in [1.54, 1.807) is 13.8 Å². The highest BCUT2D eigenvalue weighted by atomic mass is 16.6. The molecule has 4 N–H and O–H groups in total. The Bertz CT molecular complexity index is 808. The van der Waals surface area contributed by atoms with Crippen LogP contribution < -0.4 is 0 Å². The van der Waals surface area contributed by atoms with E-state index in [0.717, 1.165) is 20.8 Å². The minimum Gasteiger partial charge on any atom is -0.465 e. The fourth-order valence-electron chi connectivity index (χ4n) is 6.28. The van der Waals surface area contributed by atoms with E-state index in [0.29, 0.717) is 0 Å². The summed E-state index contributed by atoms with van der Waals surface area (Å²) in [4.78, 5) is 35.5. The molecule has 9 atom stereocenters. The van der Waals surface area contributed by atoms with Crippen LogP contribution in [0.1, 0.15) is 48.0 Å². The number of aliphatic hydroxyl groups is 4. The molecule has 1 aliphatic heterocycles. The van der Waals surface area contributed by atoms with Crippen LogP contribution in [0.4, 0.5) is 0 Å². The van der Waals surface area contributed by atoms with Gasteiger partial charge in [-0.15, -0.1) is 0 Å². The monoisotopic (exact) mass is 460 g/mol. The molecule has 0 radical (unpaired) electrons. The predicted octanol–water partition coefficient (Wildman–Crippen LogP) is -1.19. The molecule has 2 bridgehead atoms. The Balaban J connectivity index is 2.34. The summed E-state index contributed by atoms with van der Waals surface area (Å²) in [6, 6.07) is 0. The molecule has 0 aromatic carbocycles. The van der Waals surface area contributed by atoms with Crippen molar-refractivity contribution in [3.05, 3.63) is 0 Å². The van der Waals surface area contributed by atoms with Gasteiger partial charge in [-0.2, -0.15) is 0 Å². The van der Waals surface area contributed by atoms with Crippen molar-refractivity contribution in [1.82, 2.24) is 0 Å². The van der Waals surface area contributed by atoms with Gasteiger partial charge >= 0.3 is 17.9 Å². The van der Waals surface area contributed by atoms with Crippen LogP contribution in [0.25, 0.3) is 0 Å². The van der Waals surface area contributed by atoms with Crippen molar-refractivity contribution >= 4 is 17.9 Å². The van der Waals surface area contributed by atoms with Crippen molar-refractivity contribution in [2.45, 2.75) is 95.3 Å². The lowest BCUT2D eigenvalue weighted by atomic mass is 9.46. The Morgan fingerprint density at radius 2 is 1.50 bits per heavy atom. The minimum absolute atomic E-state index is 0.334. The van der Waals surface area contributed by atoms with Gasteiger partial charge in [-0.1, -0.05) is 0 Å². The summed E-state index contributed by atoms with van der Waals surface area (Å²) in [7, 11) is 0. The number of ether oxygens (including phenoxy) is 4. The molecular formula is C21H32O11. The lowest BCUT2D eigenvalue weighted by Gasteiger charge is -2.65. The molecule has 1 saturated heterocycles. The van der Waals surface area contributed by atoms with E-state index in [1.165, 1.54) is 6.92 Å². The first-order chi connectivity index (χ1) is 14.5. The molecule has 1 spiro atoms. The second-order valence-corrected chi connectivity index (χ2v) is 9.82. The molecule has 11 nitrogen and oxygen atoms in total.